The Morgan fingerprint density at radius 2 is 2.15 bits per heavy atom. The lowest BCUT2D eigenvalue weighted by molar-refractivity contribution is 0.0685. The average molecular weight is 302 g/mol. The average Bonchev–Trinajstić information content (AvgIpc) is 3.13. The van der Waals surface area contributed by atoms with Crippen molar-refractivity contribution >= 4 is 16.0 Å². The third-order valence-corrected chi connectivity index (χ3v) is 5.26. The summed E-state index contributed by atoms with van der Waals surface area (Å²) in [6, 6.07) is 1.27. The SMILES string of the molecule is CCN(CCO)S(=O)(=O)c1cc(C(=O)O)n(C2CC2)c1. The van der Waals surface area contributed by atoms with Crippen LogP contribution in [0, 0.1) is 0 Å². The highest BCUT2D eigenvalue weighted by Gasteiger charge is 2.32. The highest BCUT2D eigenvalue weighted by molar-refractivity contribution is 7.89. The van der Waals surface area contributed by atoms with Gasteiger partial charge >= 0.3 is 5.97 Å². The quantitative estimate of drug-likeness (QED) is 0.765. The lowest BCUT2D eigenvalue weighted by Gasteiger charge is -2.18. The van der Waals surface area contributed by atoms with E-state index >= 15 is 0 Å². The fourth-order valence-corrected chi connectivity index (χ4v) is 3.60. The van der Waals surface area contributed by atoms with Gasteiger partial charge in [0.2, 0.25) is 10.0 Å². The predicted molar refractivity (Wildman–Crippen MR) is 71.2 cm³/mol. The van der Waals surface area contributed by atoms with Crippen LogP contribution < -0.4 is 0 Å². The van der Waals surface area contributed by atoms with Crippen molar-refractivity contribution in [1.29, 1.82) is 0 Å². The summed E-state index contributed by atoms with van der Waals surface area (Å²) < 4.78 is 27.4. The highest BCUT2D eigenvalue weighted by atomic mass is 32.2. The van der Waals surface area contributed by atoms with E-state index in [1.54, 1.807) is 6.92 Å². The Kier molecular flexibility index (Phi) is 4.17. The molecule has 20 heavy (non-hydrogen) atoms. The molecular weight excluding hydrogens is 284 g/mol. The molecule has 1 aliphatic rings. The molecule has 2 N–H and O–H groups in total. The second-order valence-electron chi connectivity index (χ2n) is 4.72. The number of hydrogen-bond acceptors (Lipinski definition) is 4. The molecule has 0 aliphatic heterocycles. The van der Waals surface area contributed by atoms with E-state index in [2.05, 4.69) is 0 Å². The molecule has 0 amide bonds. The van der Waals surface area contributed by atoms with Gasteiger partial charge in [0.15, 0.2) is 0 Å². The summed E-state index contributed by atoms with van der Waals surface area (Å²) >= 11 is 0. The molecule has 1 fully saturated rings. The fraction of sp³-hybridized carbons (Fsp3) is 0.583. The maximum atomic E-state index is 12.4. The number of aromatic nitrogens is 1. The second-order valence-corrected chi connectivity index (χ2v) is 6.66. The fourth-order valence-electron chi connectivity index (χ4n) is 2.13. The molecule has 0 saturated heterocycles. The van der Waals surface area contributed by atoms with Crippen molar-refractivity contribution in [1.82, 2.24) is 8.87 Å². The zero-order valence-corrected chi connectivity index (χ0v) is 12.0. The maximum Gasteiger partial charge on any atom is 0.352 e. The second kappa shape index (κ2) is 5.55. The van der Waals surface area contributed by atoms with Crippen LogP contribution in [0.25, 0.3) is 0 Å². The molecule has 0 spiro atoms. The number of sulfonamides is 1. The van der Waals surface area contributed by atoms with E-state index in [1.807, 2.05) is 0 Å². The lowest BCUT2D eigenvalue weighted by Crippen LogP contribution is -2.33. The molecule has 112 valence electrons. The molecule has 2 rings (SSSR count). The normalized spacial score (nSPS) is 15.8. The number of likely N-dealkylation sites (N-methyl/N-ethyl adjacent to an activating group) is 1. The topological polar surface area (TPSA) is 99.8 Å². The van der Waals surface area contributed by atoms with Crippen LogP contribution in [0.2, 0.25) is 0 Å². The molecule has 0 radical (unpaired) electrons. The molecule has 1 saturated carbocycles. The first kappa shape index (κ1) is 15.0. The first-order valence-electron chi connectivity index (χ1n) is 6.48. The van der Waals surface area contributed by atoms with Crippen LogP contribution in [-0.2, 0) is 10.0 Å². The number of rotatable bonds is 7. The Balaban J connectivity index is 2.41. The molecule has 1 aromatic rings. The monoisotopic (exact) mass is 302 g/mol. The van der Waals surface area contributed by atoms with E-state index in [-0.39, 0.29) is 36.3 Å². The Bertz CT molecular complexity index is 603. The zero-order valence-electron chi connectivity index (χ0n) is 11.2. The molecule has 0 atom stereocenters. The van der Waals surface area contributed by atoms with Crippen molar-refractivity contribution in [2.45, 2.75) is 30.7 Å². The summed E-state index contributed by atoms with van der Waals surface area (Å²) in [5.74, 6) is -1.14. The van der Waals surface area contributed by atoms with E-state index in [1.165, 1.54) is 16.8 Å². The standard InChI is InChI=1S/C12H18N2O5S/c1-2-13(5-6-15)20(18,19)10-7-11(12(16)17)14(8-10)9-3-4-9/h7-9,15H,2-6H2,1H3,(H,16,17). The van der Waals surface area contributed by atoms with Crippen LogP contribution in [0.3, 0.4) is 0 Å². The number of aliphatic hydroxyl groups excluding tert-OH is 1. The number of aliphatic hydroxyl groups is 1. The molecular formula is C12H18N2O5S. The highest BCUT2D eigenvalue weighted by Crippen LogP contribution is 2.37. The smallest absolute Gasteiger partial charge is 0.352 e. The molecule has 0 aromatic carbocycles. The Labute approximate surface area is 117 Å². The Morgan fingerprint density at radius 1 is 1.50 bits per heavy atom. The van der Waals surface area contributed by atoms with Crippen LogP contribution >= 0.6 is 0 Å². The zero-order chi connectivity index (χ0) is 14.9. The first-order valence-corrected chi connectivity index (χ1v) is 7.92. The van der Waals surface area contributed by atoms with E-state index in [9.17, 15) is 13.2 Å². The van der Waals surface area contributed by atoms with Gasteiger partial charge in [-0.25, -0.2) is 13.2 Å². The van der Waals surface area contributed by atoms with Crippen LogP contribution in [0.5, 0.6) is 0 Å². The number of aromatic carboxylic acids is 1. The van der Waals surface area contributed by atoms with Crippen molar-refractivity contribution in [3.05, 3.63) is 18.0 Å². The molecule has 7 nitrogen and oxygen atoms in total. The van der Waals surface area contributed by atoms with Gasteiger partial charge < -0.3 is 14.8 Å². The van der Waals surface area contributed by atoms with E-state index < -0.39 is 16.0 Å². The molecule has 1 aromatic heterocycles. The lowest BCUT2D eigenvalue weighted by atomic mass is 10.4. The van der Waals surface area contributed by atoms with Gasteiger partial charge in [0.1, 0.15) is 10.6 Å². The predicted octanol–water partition coefficient (Wildman–Crippen LogP) is 0.524. The van der Waals surface area contributed by atoms with Crippen molar-refractivity contribution in [3.8, 4) is 0 Å². The summed E-state index contributed by atoms with van der Waals surface area (Å²) in [4.78, 5) is 11.2. The van der Waals surface area contributed by atoms with Crippen LogP contribution in [0.4, 0.5) is 0 Å². The summed E-state index contributed by atoms with van der Waals surface area (Å²) in [5.41, 5.74) is -0.00822. The van der Waals surface area contributed by atoms with Gasteiger partial charge in [0.25, 0.3) is 0 Å². The van der Waals surface area contributed by atoms with Gasteiger partial charge in [-0.2, -0.15) is 4.31 Å². The van der Waals surface area contributed by atoms with Crippen molar-refractivity contribution < 1.29 is 23.4 Å². The summed E-state index contributed by atoms with van der Waals surface area (Å²) in [7, 11) is -3.77. The van der Waals surface area contributed by atoms with Crippen molar-refractivity contribution in [3.63, 3.8) is 0 Å². The molecule has 0 bridgehead atoms. The number of nitrogens with zero attached hydrogens (tertiary/aromatic N) is 2. The van der Waals surface area contributed by atoms with Crippen molar-refractivity contribution in [2.75, 3.05) is 19.7 Å². The van der Waals surface area contributed by atoms with Gasteiger partial charge in [-0.1, -0.05) is 6.92 Å². The minimum Gasteiger partial charge on any atom is -0.477 e. The molecule has 0 unspecified atom stereocenters. The van der Waals surface area contributed by atoms with Gasteiger partial charge in [-0.05, 0) is 18.9 Å². The largest absolute Gasteiger partial charge is 0.477 e. The van der Waals surface area contributed by atoms with E-state index in [0.29, 0.717) is 0 Å². The maximum absolute atomic E-state index is 12.4. The Morgan fingerprint density at radius 3 is 2.60 bits per heavy atom. The molecule has 1 aliphatic carbocycles. The van der Waals surface area contributed by atoms with Gasteiger partial charge in [-0.15, -0.1) is 0 Å². The minimum absolute atomic E-state index is 0.00412. The molecule has 1 heterocycles. The number of carboxylic acids is 1. The number of hydrogen-bond donors (Lipinski definition) is 2. The summed E-state index contributed by atoms with van der Waals surface area (Å²) in [6.07, 6.45) is 3.11. The van der Waals surface area contributed by atoms with Gasteiger partial charge in [0.05, 0.1) is 6.61 Å². The van der Waals surface area contributed by atoms with Crippen LogP contribution in [0.1, 0.15) is 36.3 Å². The van der Waals surface area contributed by atoms with E-state index in [0.717, 1.165) is 17.1 Å². The number of carbonyl (C=O) groups is 1. The third kappa shape index (κ3) is 2.72. The third-order valence-electron chi connectivity index (χ3n) is 3.32. The van der Waals surface area contributed by atoms with E-state index in [4.69, 9.17) is 10.2 Å². The van der Waals surface area contributed by atoms with Crippen LogP contribution in [-0.4, -0.2) is 53.2 Å². The van der Waals surface area contributed by atoms with Crippen molar-refractivity contribution in [2.24, 2.45) is 0 Å². The summed E-state index contributed by atoms with van der Waals surface area (Å²) in [5, 5.41) is 18.1. The van der Waals surface area contributed by atoms with Gasteiger partial charge in [0, 0.05) is 25.3 Å². The van der Waals surface area contributed by atoms with Crippen LogP contribution in [0.15, 0.2) is 17.2 Å². The Hall–Kier alpha value is -1.38. The molecule has 8 heteroatoms. The summed E-state index contributed by atoms with van der Waals surface area (Å²) in [6.45, 7) is 1.61. The minimum atomic E-state index is -3.77. The first-order chi connectivity index (χ1) is 9.41. The number of carboxylic acid groups (broad SMARTS) is 1. The van der Waals surface area contributed by atoms with Gasteiger partial charge in [-0.3, -0.25) is 0 Å².